The Morgan fingerprint density at radius 3 is 2.80 bits per heavy atom. The average molecular weight is 210 g/mol. The van der Waals surface area contributed by atoms with Crippen LogP contribution in [0, 0.1) is 0 Å². The van der Waals surface area contributed by atoms with E-state index in [1.807, 2.05) is 6.92 Å². The normalized spacial score (nSPS) is 10.3. The molecule has 0 aliphatic rings. The van der Waals surface area contributed by atoms with Crippen LogP contribution in [-0.2, 0) is 16.1 Å². The molecule has 82 valence electrons. The lowest BCUT2D eigenvalue weighted by molar-refractivity contribution is -0.121. The Hall–Kier alpha value is -1.49. The maximum atomic E-state index is 11.5. The minimum atomic E-state index is -0.216. The molecule has 0 N–H and O–H groups in total. The van der Waals surface area contributed by atoms with Gasteiger partial charge in [0.2, 0.25) is 0 Å². The summed E-state index contributed by atoms with van der Waals surface area (Å²) < 4.78 is 6.29. The third-order valence-electron chi connectivity index (χ3n) is 1.94. The highest BCUT2D eigenvalue weighted by molar-refractivity contribution is 6.08. The van der Waals surface area contributed by atoms with E-state index in [4.69, 9.17) is 0 Å². The van der Waals surface area contributed by atoms with Gasteiger partial charge in [-0.3, -0.25) is 14.3 Å². The molecule has 0 radical (unpaired) electrons. The lowest BCUT2D eigenvalue weighted by Crippen LogP contribution is -2.12. The zero-order valence-corrected chi connectivity index (χ0v) is 8.90. The van der Waals surface area contributed by atoms with Crippen molar-refractivity contribution in [2.24, 2.45) is 0 Å². The van der Waals surface area contributed by atoms with Crippen LogP contribution in [0.1, 0.15) is 23.7 Å². The Bertz CT molecular complexity index is 357. The van der Waals surface area contributed by atoms with E-state index in [0.29, 0.717) is 12.1 Å². The van der Waals surface area contributed by atoms with E-state index in [9.17, 15) is 9.59 Å². The minimum absolute atomic E-state index is 0.0202. The average Bonchev–Trinajstić information content (AvgIpc) is 2.66. The summed E-state index contributed by atoms with van der Waals surface area (Å²) in [5.74, 6) is -0.427. The Morgan fingerprint density at radius 1 is 1.53 bits per heavy atom. The summed E-state index contributed by atoms with van der Waals surface area (Å²) in [5, 5.41) is 3.96. The molecule has 1 aromatic heterocycles. The molecule has 0 aliphatic heterocycles. The predicted octanol–water partition coefficient (Wildman–Crippen LogP) is 0.691. The number of ketones is 2. The van der Waals surface area contributed by atoms with Crippen LogP contribution in [0.2, 0.25) is 0 Å². The first-order valence-corrected chi connectivity index (χ1v) is 4.73. The van der Waals surface area contributed by atoms with E-state index in [-0.39, 0.29) is 24.6 Å². The van der Waals surface area contributed by atoms with E-state index in [1.54, 1.807) is 10.9 Å². The fourth-order valence-corrected chi connectivity index (χ4v) is 1.17. The van der Waals surface area contributed by atoms with Crippen LogP contribution in [0.25, 0.3) is 0 Å². The van der Waals surface area contributed by atoms with Crippen molar-refractivity contribution in [3.05, 3.63) is 18.0 Å². The Balaban J connectivity index is 2.57. The van der Waals surface area contributed by atoms with Crippen LogP contribution in [0.5, 0.6) is 0 Å². The molecule has 1 rings (SSSR count). The van der Waals surface area contributed by atoms with Gasteiger partial charge in [-0.25, -0.2) is 0 Å². The van der Waals surface area contributed by atoms with Crippen molar-refractivity contribution >= 4 is 11.6 Å². The zero-order valence-electron chi connectivity index (χ0n) is 8.90. The molecule has 0 fully saturated rings. The molecule has 1 heterocycles. The first-order chi connectivity index (χ1) is 7.17. The maximum absolute atomic E-state index is 11.5. The van der Waals surface area contributed by atoms with Gasteiger partial charge in [-0.1, -0.05) is 0 Å². The summed E-state index contributed by atoms with van der Waals surface area (Å²) in [6.45, 7) is 2.62. The molecule has 0 bridgehead atoms. The van der Waals surface area contributed by atoms with Gasteiger partial charge in [-0.05, 0) is 6.92 Å². The number of ether oxygens (including phenoxy) is 1. The van der Waals surface area contributed by atoms with Crippen molar-refractivity contribution in [3.8, 4) is 0 Å². The molecule has 0 spiro atoms. The van der Waals surface area contributed by atoms with E-state index >= 15 is 0 Å². The SMILES string of the molecule is CCn1cc(C(=O)CC(=O)COC)cn1. The molecular formula is C10H14N2O3. The Kier molecular flexibility index (Phi) is 4.17. The number of hydrogen-bond acceptors (Lipinski definition) is 4. The first-order valence-electron chi connectivity index (χ1n) is 4.73. The van der Waals surface area contributed by atoms with Crippen molar-refractivity contribution in [1.82, 2.24) is 9.78 Å². The van der Waals surface area contributed by atoms with Crippen LogP contribution in [0.3, 0.4) is 0 Å². The number of nitrogens with zero attached hydrogens (tertiary/aromatic N) is 2. The van der Waals surface area contributed by atoms with Crippen LogP contribution in [0.4, 0.5) is 0 Å². The van der Waals surface area contributed by atoms with Gasteiger partial charge in [0.1, 0.15) is 6.61 Å². The summed E-state index contributed by atoms with van der Waals surface area (Å²) in [4.78, 5) is 22.7. The molecule has 15 heavy (non-hydrogen) atoms. The fraction of sp³-hybridized carbons (Fsp3) is 0.500. The molecule has 0 saturated heterocycles. The number of carbonyl (C=O) groups excluding carboxylic acids is 2. The summed E-state index contributed by atoms with van der Waals surface area (Å²) in [6.07, 6.45) is 3.00. The van der Waals surface area contributed by atoms with Crippen molar-refractivity contribution < 1.29 is 14.3 Å². The second-order valence-corrected chi connectivity index (χ2v) is 3.16. The lowest BCUT2D eigenvalue weighted by atomic mass is 10.1. The predicted molar refractivity (Wildman–Crippen MR) is 53.7 cm³/mol. The standard InChI is InChI=1S/C10H14N2O3/c1-3-12-6-8(5-11-12)10(14)4-9(13)7-15-2/h5-6H,3-4,7H2,1-2H3. The van der Waals surface area contributed by atoms with E-state index in [2.05, 4.69) is 9.84 Å². The second kappa shape index (κ2) is 5.41. The summed E-state index contributed by atoms with van der Waals surface area (Å²) in [5.41, 5.74) is 0.473. The first kappa shape index (κ1) is 11.6. The summed E-state index contributed by atoms with van der Waals surface area (Å²) in [7, 11) is 1.43. The van der Waals surface area contributed by atoms with Gasteiger partial charge >= 0.3 is 0 Å². The smallest absolute Gasteiger partial charge is 0.173 e. The number of aryl methyl sites for hydroxylation is 1. The third kappa shape index (κ3) is 3.28. The lowest BCUT2D eigenvalue weighted by Gasteiger charge is -1.96. The molecule has 0 atom stereocenters. The molecule has 0 unspecified atom stereocenters. The van der Waals surface area contributed by atoms with Crippen LogP contribution in [0.15, 0.2) is 12.4 Å². The third-order valence-corrected chi connectivity index (χ3v) is 1.94. The number of methoxy groups -OCH3 is 1. The molecule has 1 aromatic rings. The van der Waals surface area contributed by atoms with E-state index in [0.717, 1.165) is 0 Å². The molecule has 5 heteroatoms. The summed E-state index contributed by atoms with van der Waals surface area (Å²) >= 11 is 0. The van der Waals surface area contributed by atoms with Gasteiger partial charge in [0.25, 0.3) is 0 Å². The van der Waals surface area contributed by atoms with Crippen molar-refractivity contribution in [2.75, 3.05) is 13.7 Å². The van der Waals surface area contributed by atoms with Crippen LogP contribution in [-0.4, -0.2) is 35.1 Å². The quantitative estimate of drug-likeness (QED) is 0.512. The number of Topliss-reactive ketones (excluding diaryl/α,β-unsaturated/α-hetero) is 2. The van der Waals surface area contributed by atoms with Gasteiger partial charge in [0.15, 0.2) is 11.6 Å². The van der Waals surface area contributed by atoms with Gasteiger partial charge in [-0.2, -0.15) is 5.10 Å². The van der Waals surface area contributed by atoms with Gasteiger partial charge in [-0.15, -0.1) is 0 Å². The van der Waals surface area contributed by atoms with Crippen molar-refractivity contribution in [2.45, 2.75) is 19.9 Å². The Labute approximate surface area is 88.0 Å². The topological polar surface area (TPSA) is 61.2 Å². The van der Waals surface area contributed by atoms with Crippen LogP contribution >= 0.6 is 0 Å². The largest absolute Gasteiger partial charge is 0.377 e. The maximum Gasteiger partial charge on any atom is 0.173 e. The Morgan fingerprint density at radius 2 is 2.27 bits per heavy atom. The number of carbonyl (C=O) groups is 2. The fourth-order valence-electron chi connectivity index (χ4n) is 1.17. The molecule has 5 nitrogen and oxygen atoms in total. The van der Waals surface area contributed by atoms with E-state index in [1.165, 1.54) is 13.3 Å². The van der Waals surface area contributed by atoms with Crippen molar-refractivity contribution in [1.29, 1.82) is 0 Å². The highest BCUT2D eigenvalue weighted by atomic mass is 16.5. The second-order valence-electron chi connectivity index (χ2n) is 3.16. The minimum Gasteiger partial charge on any atom is -0.377 e. The van der Waals surface area contributed by atoms with E-state index < -0.39 is 0 Å². The van der Waals surface area contributed by atoms with Gasteiger partial charge < -0.3 is 4.74 Å². The number of rotatable bonds is 6. The number of aromatic nitrogens is 2. The monoisotopic (exact) mass is 210 g/mol. The molecule has 0 aromatic carbocycles. The number of hydrogen-bond donors (Lipinski definition) is 0. The highest BCUT2D eigenvalue weighted by Crippen LogP contribution is 2.03. The molecule has 0 aliphatic carbocycles. The highest BCUT2D eigenvalue weighted by Gasteiger charge is 2.13. The summed E-state index contributed by atoms with van der Waals surface area (Å²) in [6, 6.07) is 0. The molecular weight excluding hydrogens is 196 g/mol. The zero-order chi connectivity index (χ0) is 11.3. The van der Waals surface area contributed by atoms with Crippen molar-refractivity contribution in [3.63, 3.8) is 0 Å². The van der Waals surface area contributed by atoms with Gasteiger partial charge in [0, 0.05) is 19.9 Å². The molecule has 0 amide bonds. The van der Waals surface area contributed by atoms with Gasteiger partial charge in [0.05, 0.1) is 18.2 Å². The molecule has 0 saturated carbocycles. The van der Waals surface area contributed by atoms with Crippen LogP contribution < -0.4 is 0 Å².